The van der Waals surface area contributed by atoms with Gasteiger partial charge in [-0.25, -0.2) is 4.57 Å². The Labute approximate surface area is 88.1 Å². The first-order valence-corrected chi connectivity index (χ1v) is 5.86. The number of rotatable bonds is 0. The summed E-state index contributed by atoms with van der Waals surface area (Å²) in [6, 6.07) is 1.12. The average Bonchev–Trinajstić information content (AvgIpc) is 2.40. The SMILES string of the molecule is [B][C@@H]1O[C@@H]2COP(=O)(O)OC2[C@@]1(C)C#N. The Morgan fingerprint density at radius 3 is 3.00 bits per heavy atom. The van der Waals surface area contributed by atoms with Gasteiger partial charge in [-0.1, -0.05) is 0 Å². The fraction of sp³-hybridized carbons (Fsp3) is 0.857. The molecule has 2 unspecified atom stereocenters. The lowest BCUT2D eigenvalue weighted by atomic mass is 9.73. The second-order valence-corrected chi connectivity index (χ2v) is 5.19. The number of phosphoric acid groups is 1. The lowest BCUT2D eigenvalue weighted by Gasteiger charge is -2.32. The molecule has 80 valence electrons. The summed E-state index contributed by atoms with van der Waals surface area (Å²) in [7, 11) is 1.56. The largest absolute Gasteiger partial charge is 0.472 e. The molecule has 2 saturated heterocycles. The van der Waals surface area contributed by atoms with Crippen LogP contribution < -0.4 is 0 Å². The summed E-state index contributed by atoms with van der Waals surface area (Å²) in [5.74, 6) is 0. The minimum atomic E-state index is -4.06. The summed E-state index contributed by atoms with van der Waals surface area (Å²) in [6.45, 7) is 1.44. The van der Waals surface area contributed by atoms with Gasteiger partial charge in [-0.3, -0.25) is 9.05 Å². The molecule has 2 aliphatic rings. The van der Waals surface area contributed by atoms with Crippen molar-refractivity contribution < 1.29 is 23.2 Å². The molecular weight excluding hydrogens is 220 g/mol. The lowest BCUT2D eigenvalue weighted by Crippen LogP contribution is -2.42. The maximum Gasteiger partial charge on any atom is 0.472 e. The Morgan fingerprint density at radius 1 is 1.73 bits per heavy atom. The molecule has 2 rings (SSSR count). The summed E-state index contributed by atoms with van der Waals surface area (Å²) in [5.41, 5.74) is -1.13. The highest BCUT2D eigenvalue weighted by molar-refractivity contribution is 7.47. The van der Waals surface area contributed by atoms with Crippen LogP contribution in [0.3, 0.4) is 0 Å². The smallest absolute Gasteiger partial charge is 0.378 e. The summed E-state index contributed by atoms with van der Waals surface area (Å²) in [6.07, 6.45) is -1.40. The topological polar surface area (TPSA) is 88.8 Å². The van der Waals surface area contributed by atoms with Crippen LogP contribution in [-0.4, -0.2) is 37.6 Å². The van der Waals surface area contributed by atoms with Crippen molar-refractivity contribution in [3.8, 4) is 6.07 Å². The number of phosphoric ester groups is 1. The van der Waals surface area contributed by atoms with Crippen LogP contribution in [0.2, 0.25) is 0 Å². The number of hydrogen-bond donors (Lipinski definition) is 1. The van der Waals surface area contributed by atoms with Crippen molar-refractivity contribution in [1.82, 2.24) is 0 Å². The predicted molar refractivity (Wildman–Crippen MR) is 48.8 cm³/mol. The van der Waals surface area contributed by atoms with Gasteiger partial charge in [0, 0.05) is 6.00 Å². The van der Waals surface area contributed by atoms with E-state index in [9.17, 15) is 4.57 Å². The molecular formula is C7H9BNO5P. The molecule has 2 heterocycles. The van der Waals surface area contributed by atoms with E-state index in [1.165, 1.54) is 6.92 Å². The minimum absolute atomic E-state index is 0.0938. The fourth-order valence-electron chi connectivity index (χ4n) is 1.72. The van der Waals surface area contributed by atoms with Crippen molar-refractivity contribution in [3.05, 3.63) is 0 Å². The standard InChI is InChI=1S/C7H9BNO5P/c1-7(3-9)5-4(13-6(7)8)2-12-15(10,11)14-5/h4-6H,2H2,1H3,(H,10,11)/t4-,5?,6-,7-/m1/s1. The molecule has 0 saturated carbocycles. The molecule has 0 aromatic heterocycles. The number of fused-ring (bicyclic) bond motifs is 1. The van der Waals surface area contributed by atoms with Crippen LogP contribution >= 0.6 is 7.82 Å². The Kier molecular flexibility index (Phi) is 2.45. The van der Waals surface area contributed by atoms with Crippen molar-refractivity contribution in [2.45, 2.75) is 25.1 Å². The maximum atomic E-state index is 11.2. The molecule has 2 radical (unpaired) electrons. The van der Waals surface area contributed by atoms with Gasteiger partial charge in [0.15, 0.2) is 0 Å². The molecule has 2 fully saturated rings. The molecule has 8 heteroatoms. The van der Waals surface area contributed by atoms with E-state index in [4.69, 9.17) is 27.3 Å². The summed E-state index contributed by atoms with van der Waals surface area (Å²) in [5, 5.41) is 9.00. The quantitative estimate of drug-likeness (QED) is 0.461. The predicted octanol–water partition coefficient (Wildman–Crippen LogP) is -0.0745. The van der Waals surface area contributed by atoms with E-state index in [1.54, 1.807) is 0 Å². The summed E-state index contributed by atoms with van der Waals surface area (Å²) in [4.78, 5) is 9.14. The van der Waals surface area contributed by atoms with Gasteiger partial charge >= 0.3 is 7.82 Å². The van der Waals surface area contributed by atoms with Gasteiger partial charge in [0.25, 0.3) is 0 Å². The summed E-state index contributed by atoms with van der Waals surface area (Å²) >= 11 is 0. The maximum absolute atomic E-state index is 11.2. The zero-order valence-corrected chi connectivity index (χ0v) is 8.89. The number of ether oxygens (including phenoxy) is 1. The third kappa shape index (κ3) is 1.63. The molecule has 5 atom stereocenters. The summed E-state index contributed by atoms with van der Waals surface area (Å²) < 4.78 is 25.8. The van der Waals surface area contributed by atoms with Crippen LogP contribution in [0.25, 0.3) is 0 Å². The first-order valence-electron chi connectivity index (χ1n) is 4.37. The van der Waals surface area contributed by atoms with Crippen LogP contribution in [0.1, 0.15) is 6.92 Å². The molecule has 0 aliphatic carbocycles. The van der Waals surface area contributed by atoms with E-state index in [2.05, 4.69) is 4.52 Å². The van der Waals surface area contributed by atoms with Crippen molar-refractivity contribution in [3.63, 3.8) is 0 Å². The number of hydrogen-bond acceptors (Lipinski definition) is 5. The molecule has 0 aromatic rings. The highest BCUT2D eigenvalue weighted by Gasteiger charge is 2.57. The second kappa shape index (κ2) is 3.31. The van der Waals surface area contributed by atoms with Gasteiger partial charge in [-0.2, -0.15) is 5.26 Å². The first-order chi connectivity index (χ1) is 6.89. The Hall–Kier alpha value is -0.375. The average molecular weight is 229 g/mol. The van der Waals surface area contributed by atoms with Crippen molar-refractivity contribution in [2.24, 2.45) is 5.41 Å². The Balaban J connectivity index is 2.31. The minimum Gasteiger partial charge on any atom is -0.378 e. The molecule has 0 spiro atoms. The van der Waals surface area contributed by atoms with E-state index in [-0.39, 0.29) is 6.61 Å². The fourth-order valence-corrected chi connectivity index (χ4v) is 2.76. The monoisotopic (exact) mass is 229 g/mol. The highest BCUT2D eigenvalue weighted by Crippen LogP contribution is 2.55. The number of nitrogens with zero attached hydrogens (tertiary/aromatic N) is 1. The van der Waals surface area contributed by atoms with Crippen molar-refractivity contribution in [1.29, 1.82) is 5.26 Å². The number of nitriles is 1. The van der Waals surface area contributed by atoms with Gasteiger partial charge in [-0.05, 0) is 6.92 Å². The zero-order valence-electron chi connectivity index (χ0n) is 7.99. The molecule has 15 heavy (non-hydrogen) atoms. The van der Waals surface area contributed by atoms with Crippen LogP contribution in [0, 0.1) is 16.7 Å². The second-order valence-electron chi connectivity index (χ2n) is 3.78. The first kappa shape index (κ1) is 11.1. The van der Waals surface area contributed by atoms with Crippen molar-refractivity contribution >= 4 is 15.7 Å². The van der Waals surface area contributed by atoms with E-state index in [1.807, 2.05) is 6.07 Å². The zero-order chi connectivity index (χ0) is 11.3. The van der Waals surface area contributed by atoms with Gasteiger partial charge in [0.2, 0.25) is 0 Å². The van der Waals surface area contributed by atoms with Crippen molar-refractivity contribution in [2.75, 3.05) is 6.61 Å². The van der Waals surface area contributed by atoms with E-state index >= 15 is 0 Å². The third-order valence-corrected chi connectivity index (χ3v) is 3.70. The molecule has 0 aromatic carbocycles. The van der Waals surface area contributed by atoms with E-state index < -0.39 is 31.4 Å². The normalized spacial score (nSPS) is 54.6. The Morgan fingerprint density at radius 2 is 2.40 bits per heavy atom. The third-order valence-electron chi connectivity index (χ3n) is 2.73. The highest BCUT2D eigenvalue weighted by atomic mass is 31.2. The lowest BCUT2D eigenvalue weighted by molar-refractivity contribution is -0.0458. The molecule has 0 amide bonds. The molecule has 1 N–H and O–H groups in total. The van der Waals surface area contributed by atoms with E-state index in [0.29, 0.717) is 0 Å². The van der Waals surface area contributed by atoms with Crippen LogP contribution in [0.4, 0.5) is 0 Å². The van der Waals surface area contributed by atoms with Gasteiger partial charge in [0.1, 0.15) is 25.5 Å². The Bertz CT molecular complexity index is 371. The van der Waals surface area contributed by atoms with Gasteiger partial charge < -0.3 is 9.63 Å². The van der Waals surface area contributed by atoms with Gasteiger partial charge in [-0.15, -0.1) is 0 Å². The van der Waals surface area contributed by atoms with E-state index in [0.717, 1.165) is 0 Å². The molecule has 6 nitrogen and oxygen atoms in total. The van der Waals surface area contributed by atoms with Crippen LogP contribution in [-0.2, 0) is 18.3 Å². The molecule has 0 bridgehead atoms. The van der Waals surface area contributed by atoms with Crippen LogP contribution in [0.15, 0.2) is 0 Å². The van der Waals surface area contributed by atoms with Crippen LogP contribution in [0.5, 0.6) is 0 Å². The van der Waals surface area contributed by atoms with Gasteiger partial charge in [0.05, 0.1) is 12.7 Å². The molecule has 2 aliphatic heterocycles.